The minimum absolute atomic E-state index is 0.0778. The lowest BCUT2D eigenvalue weighted by molar-refractivity contribution is 0.0711. The molecule has 2 aromatic heterocycles. The van der Waals surface area contributed by atoms with Gasteiger partial charge in [-0.15, -0.1) is 0 Å². The molecule has 7 nitrogen and oxygen atoms in total. The predicted octanol–water partition coefficient (Wildman–Crippen LogP) is 4.70. The number of carbonyl (C=O) groups is 2. The molecule has 4 rings (SSSR count). The number of allylic oxidation sites excluding steroid dienone is 5. The number of fused-ring (bicyclic) bond motifs is 1. The average molecular weight is 486 g/mol. The Hall–Kier alpha value is -4.46. The van der Waals surface area contributed by atoms with Crippen molar-refractivity contribution in [3.63, 3.8) is 0 Å². The molecule has 0 saturated carbocycles. The van der Waals surface area contributed by atoms with Gasteiger partial charge in [0, 0.05) is 35.6 Å². The number of benzene rings is 1. The fourth-order valence-corrected chi connectivity index (χ4v) is 4.37. The molecule has 0 spiro atoms. The molecule has 0 bridgehead atoms. The van der Waals surface area contributed by atoms with Gasteiger partial charge < -0.3 is 15.2 Å². The molecular weight excluding hydrogens is 457 g/mol. The molecule has 1 aromatic carbocycles. The van der Waals surface area contributed by atoms with Gasteiger partial charge >= 0.3 is 0 Å². The summed E-state index contributed by atoms with van der Waals surface area (Å²) < 4.78 is 15.2. The van der Waals surface area contributed by atoms with Crippen molar-refractivity contribution in [2.75, 3.05) is 6.54 Å². The second-order valence-corrected chi connectivity index (χ2v) is 8.57. The molecule has 3 aromatic rings. The first-order chi connectivity index (χ1) is 17.4. The molecule has 0 radical (unpaired) electrons. The van der Waals surface area contributed by atoms with Crippen molar-refractivity contribution >= 4 is 11.8 Å². The van der Waals surface area contributed by atoms with Crippen LogP contribution in [0.3, 0.4) is 0 Å². The van der Waals surface area contributed by atoms with Crippen molar-refractivity contribution in [2.24, 2.45) is 0 Å². The number of nitrogens with one attached hydrogen (secondary N) is 2. The number of hydrogen-bond acceptors (Lipinski definition) is 3. The highest BCUT2D eigenvalue weighted by Gasteiger charge is 2.34. The second kappa shape index (κ2) is 10.9. The van der Waals surface area contributed by atoms with Gasteiger partial charge in [-0.3, -0.25) is 14.3 Å². The number of halogens is 1. The molecule has 3 heterocycles. The Kier molecular flexibility index (Phi) is 7.44. The van der Waals surface area contributed by atoms with Gasteiger partial charge in [-0.1, -0.05) is 50.4 Å². The van der Waals surface area contributed by atoms with Crippen LogP contribution in [-0.2, 0) is 13.1 Å². The maximum Gasteiger partial charge on any atom is 0.276 e. The Morgan fingerprint density at radius 3 is 2.67 bits per heavy atom. The zero-order valence-electron chi connectivity index (χ0n) is 20.1. The summed E-state index contributed by atoms with van der Waals surface area (Å²) >= 11 is 0. The van der Waals surface area contributed by atoms with Crippen LogP contribution in [0.25, 0.3) is 0 Å². The van der Waals surface area contributed by atoms with E-state index in [4.69, 9.17) is 0 Å². The standard InChI is InChI=1S/C28H28FN5O2/c1-4-6-9-22(8-5-2)31-27(35)25-23-18-33(28(36)24-10-7-15-30-24)16-19(3)26(23)34(32-25)17-20-11-13-21(29)14-12-20/h4-15,19,30H,1-2,16-18H2,3H3,(H,31,35)/b9-6-,22-8+. The topological polar surface area (TPSA) is 83.0 Å². The van der Waals surface area contributed by atoms with Gasteiger partial charge in [-0.25, -0.2) is 4.39 Å². The van der Waals surface area contributed by atoms with Gasteiger partial charge in [0.15, 0.2) is 5.69 Å². The summed E-state index contributed by atoms with van der Waals surface area (Å²) in [6.07, 6.45) is 9.97. The molecule has 36 heavy (non-hydrogen) atoms. The molecule has 1 aliphatic rings. The number of nitrogens with zero attached hydrogens (tertiary/aromatic N) is 3. The van der Waals surface area contributed by atoms with Crippen molar-refractivity contribution in [2.45, 2.75) is 25.9 Å². The van der Waals surface area contributed by atoms with Crippen LogP contribution in [0.2, 0.25) is 0 Å². The summed E-state index contributed by atoms with van der Waals surface area (Å²) in [4.78, 5) is 31.2. The molecule has 0 saturated heterocycles. The van der Waals surface area contributed by atoms with Gasteiger partial charge in [-0.2, -0.15) is 5.10 Å². The lowest BCUT2D eigenvalue weighted by atomic mass is 9.95. The van der Waals surface area contributed by atoms with Crippen molar-refractivity contribution < 1.29 is 14.0 Å². The molecule has 1 unspecified atom stereocenters. The van der Waals surface area contributed by atoms with Crippen molar-refractivity contribution in [1.82, 2.24) is 25.0 Å². The quantitative estimate of drug-likeness (QED) is 0.454. The monoisotopic (exact) mass is 485 g/mol. The fraction of sp³-hybridized carbons (Fsp3) is 0.179. The lowest BCUT2D eigenvalue weighted by Gasteiger charge is -2.32. The summed E-state index contributed by atoms with van der Waals surface area (Å²) in [5.74, 6) is -0.933. The van der Waals surface area contributed by atoms with E-state index < -0.39 is 5.91 Å². The molecule has 0 fully saturated rings. The van der Waals surface area contributed by atoms with Crippen molar-refractivity contribution in [3.05, 3.63) is 126 Å². The van der Waals surface area contributed by atoms with Crippen LogP contribution in [0.15, 0.2) is 91.8 Å². The van der Waals surface area contributed by atoms with Crippen LogP contribution in [0.1, 0.15) is 50.6 Å². The Morgan fingerprint density at radius 2 is 2.00 bits per heavy atom. The summed E-state index contributed by atoms with van der Waals surface area (Å²) in [6, 6.07) is 9.70. The van der Waals surface area contributed by atoms with E-state index in [1.165, 1.54) is 12.1 Å². The predicted molar refractivity (Wildman–Crippen MR) is 137 cm³/mol. The number of aromatic nitrogens is 3. The van der Waals surface area contributed by atoms with E-state index in [0.717, 1.165) is 11.3 Å². The van der Waals surface area contributed by atoms with Crippen LogP contribution < -0.4 is 5.32 Å². The van der Waals surface area contributed by atoms with Crippen LogP contribution >= 0.6 is 0 Å². The minimum atomic E-state index is -0.396. The highest BCUT2D eigenvalue weighted by Crippen LogP contribution is 2.32. The van der Waals surface area contributed by atoms with Crippen LogP contribution in [0.5, 0.6) is 0 Å². The number of rotatable bonds is 8. The molecule has 184 valence electrons. The first-order valence-corrected chi connectivity index (χ1v) is 11.6. The van der Waals surface area contributed by atoms with Gasteiger partial charge in [0.2, 0.25) is 0 Å². The van der Waals surface area contributed by atoms with E-state index in [1.54, 1.807) is 70.4 Å². The Labute approximate surface area is 209 Å². The number of H-pyrrole nitrogens is 1. The van der Waals surface area contributed by atoms with E-state index in [0.29, 0.717) is 30.0 Å². The van der Waals surface area contributed by atoms with E-state index in [-0.39, 0.29) is 29.9 Å². The number of carbonyl (C=O) groups excluding carboxylic acids is 2. The van der Waals surface area contributed by atoms with Crippen molar-refractivity contribution in [1.29, 1.82) is 0 Å². The van der Waals surface area contributed by atoms with Crippen molar-refractivity contribution in [3.8, 4) is 0 Å². The Morgan fingerprint density at radius 1 is 1.22 bits per heavy atom. The zero-order valence-corrected chi connectivity index (χ0v) is 20.1. The third-order valence-electron chi connectivity index (χ3n) is 5.95. The first-order valence-electron chi connectivity index (χ1n) is 11.6. The minimum Gasteiger partial charge on any atom is -0.357 e. The highest BCUT2D eigenvalue weighted by molar-refractivity contribution is 5.96. The van der Waals surface area contributed by atoms with E-state index in [9.17, 15) is 14.0 Å². The SMILES string of the molecule is C=C/C=C\C(=C/C=C)NC(=O)c1nn(Cc2ccc(F)cc2)c2c1CN(C(=O)c1ccc[nH]1)CC2C. The maximum atomic E-state index is 13.4. The zero-order chi connectivity index (χ0) is 25.7. The summed E-state index contributed by atoms with van der Waals surface area (Å²) in [5.41, 5.74) is 3.69. The third-order valence-corrected chi connectivity index (χ3v) is 5.95. The Bertz CT molecular complexity index is 1330. The first kappa shape index (κ1) is 24.7. The van der Waals surface area contributed by atoms with Gasteiger partial charge in [0.05, 0.1) is 13.1 Å². The maximum absolute atomic E-state index is 13.4. The van der Waals surface area contributed by atoms with E-state index in [2.05, 4.69) is 28.6 Å². The molecule has 1 atom stereocenters. The van der Waals surface area contributed by atoms with Crippen LogP contribution in [0, 0.1) is 5.82 Å². The third kappa shape index (κ3) is 5.27. The van der Waals surface area contributed by atoms with Gasteiger partial charge in [0.1, 0.15) is 11.5 Å². The van der Waals surface area contributed by atoms with Gasteiger partial charge in [-0.05, 0) is 42.0 Å². The van der Waals surface area contributed by atoms with Gasteiger partial charge in [0.25, 0.3) is 11.8 Å². The lowest BCUT2D eigenvalue weighted by Crippen LogP contribution is -2.39. The molecule has 0 aliphatic carbocycles. The molecular formula is C28H28FN5O2. The summed E-state index contributed by atoms with van der Waals surface area (Å²) in [5, 5.41) is 7.55. The molecule has 8 heteroatoms. The molecule has 2 amide bonds. The summed E-state index contributed by atoms with van der Waals surface area (Å²) in [6.45, 7) is 10.5. The number of hydrogen-bond donors (Lipinski definition) is 2. The normalized spacial score (nSPS) is 15.6. The average Bonchev–Trinajstić information content (AvgIpc) is 3.52. The van der Waals surface area contributed by atoms with E-state index in [1.807, 2.05) is 6.92 Å². The second-order valence-electron chi connectivity index (χ2n) is 8.57. The molecule has 2 N–H and O–H groups in total. The molecule has 1 aliphatic heterocycles. The smallest absolute Gasteiger partial charge is 0.276 e. The number of amides is 2. The van der Waals surface area contributed by atoms with Crippen LogP contribution in [0.4, 0.5) is 4.39 Å². The number of aromatic amines is 1. The largest absolute Gasteiger partial charge is 0.357 e. The fourth-order valence-electron chi connectivity index (χ4n) is 4.37. The summed E-state index contributed by atoms with van der Waals surface area (Å²) in [7, 11) is 0. The van der Waals surface area contributed by atoms with E-state index >= 15 is 0 Å². The highest BCUT2D eigenvalue weighted by atomic mass is 19.1. The van der Waals surface area contributed by atoms with Crippen LogP contribution in [-0.4, -0.2) is 38.0 Å². The Balaban J connectivity index is 1.72.